The highest BCUT2D eigenvalue weighted by Gasteiger charge is 2.41. The first-order chi connectivity index (χ1) is 19.3. The summed E-state index contributed by atoms with van der Waals surface area (Å²) in [6.07, 6.45) is 1.95. The van der Waals surface area contributed by atoms with E-state index in [1.165, 1.54) is 0 Å². The number of aliphatic hydroxyl groups is 2. The first kappa shape index (κ1) is 43.0. The van der Waals surface area contributed by atoms with Crippen molar-refractivity contribution in [2.75, 3.05) is 19.0 Å². The van der Waals surface area contributed by atoms with Crippen LogP contribution in [0.5, 0.6) is 0 Å². The molecule has 2 aromatic carbocycles. The molecule has 2 rings (SSSR count). The Hall–Kier alpha value is -0.0300. The van der Waals surface area contributed by atoms with E-state index in [4.69, 9.17) is 28.9 Å². The molecule has 248 valence electrons. The van der Waals surface area contributed by atoms with Crippen molar-refractivity contribution >= 4 is 65.9 Å². The summed E-state index contributed by atoms with van der Waals surface area (Å²) in [4.78, 5) is 0. The lowest BCUT2D eigenvalue weighted by atomic mass is 9.68. The molecule has 0 aliphatic heterocycles. The lowest BCUT2D eigenvalue weighted by Crippen LogP contribution is -2.45. The van der Waals surface area contributed by atoms with Gasteiger partial charge in [-0.2, -0.15) is 0 Å². The van der Waals surface area contributed by atoms with E-state index in [2.05, 4.69) is 66.5 Å². The maximum Gasteiger partial charge on any atom is 0.0551 e. The molecule has 0 bridgehead atoms. The summed E-state index contributed by atoms with van der Waals surface area (Å²) in [5.41, 5.74) is 7.44. The maximum atomic E-state index is 12.9. The average Bonchev–Trinajstić information content (AvgIpc) is 2.91. The SMILES string of the molecule is CC[C@H](C)C(CO)[C@@](C)(C[S@@](=O)C(C)(C)C)c1ccc(Br)c(Cl)c1.CC[C@H](C)C(CO)[C@@](C)(N)c1ccc(Br)c(Cl)c1.O. The van der Waals surface area contributed by atoms with Gasteiger partial charge in [-0.1, -0.05) is 82.8 Å². The molecule has 43 heavy (non-hydrogen) atoms. The van der Waals surface area contributed by atoms with Crippen LogP contribution in [0, 0.1) is 23.7 Å². The molecule has 0 saturated carbocycles. The fourth-order valence-corrected chi connectivity index (χ4v) is 7.54. The van der Waals surface area contributed by atoms with E-state index >= 15 is 0 Å². The van der Waals surface area contributed by atoms with Crippen LogP contribution in [0.25, 0.3) is 0 Å². The summed E-state index contributed by atoms with van der Waals surface area (Å²) in [5.74, 6) is 1.21. The molecule has 2 aromatic rings. The fourth-order valence-electron chi connectivity index (χ4n) is 5.33. The van der Waals surface area contributed by atoms with Crippen molar-refractivity contribution in [1.82, 2.24) is 0 Å². The molecule has 0 aromatic heterocycles. The van der Waals surface area contributed by atoms with Gasteiger partial charge < -0.3 is 21.4 Å². The lowest BCUT2D eigenvalue weighted by Gasteiger charge is -2.41. The topological polar surface area (TPSA) is 115 Å². The molecule has 0 aliphatic carbocycles. The first-order valence-electron chi connectivity index (χ1n) is 14.6. The molecule has 0 amide bonds. The van der Waals surface area contributed by atoms with E-state index < -0.39 is 21.8 Å². The predicted octanol–water partition coefficient (Wildman–Crippen LogP) is 8.67. The Morgan fingerprint density at radius 1 is 0.814 bits per heavy atom. The minimum atomic E-state index is -1.03. The Labute approximate surface area is 289 Å². The molecule has 7 atom stereocenters. The molecule has 5 nitrogen and oxygen atoms in total. The summed E-state index contributed by atoms with van der Waals surface area (Å²) in [7, 11) is -1.03. The second-order valence-corrected chi connectivity index (χ2v) is 17.6. The number of nitrogens with two attached hydrogens (primary N) is 1. The molecular formula is C33H53Br2Cl2NO4S. The zero-order valence-corrected chi connectivity index (χ0v) is 32.6. The number of aliphatic hydroxyl groups excluding tert-OH is 2. The largest absolute Gasteiger partial charge is 0.412 e. The fraction of sp³-hybridized carbons (Fsp3) is 0.636. The normalized spacial score (nSPS) is 18.0. The van der Waals surface area contributed by atoms with Gasteiger partial charge >= 0.3 is 0 Å². The number of rotatable bonds is 12. The van der Waals surface area contributed by atoms with Gasteiger partial charge in [-0.15, -0.1) is 0 Å². The van der Waals surface area contributed by atoms with E-state index in [0.29, 0.717) is 27.6 Å². The number of benzene rings is 2. The third kappa shape index (κ3) is 11.3. The molecule has 0 aliphatic rings. The van der Waals surface area contributed by atoms with Gasteiger partial charge in [0.05, 0.1) is 10.0 Å². The van der Waals surface area contributed by atoms with Crippen LogP contribution in [0.2, 0.25) is 10.0 Å². The van der Waals surface area contributed by atoms with E-state index in [1.54, 1.807) is 0 Å². The van der Waals surface area contributed by atoms with Gasteiger partial charge in [-0.3, -0.25) is 4.21 Å². The van der Waals surface area contributed by atoms with E-state index in [-0.39, 0.29) is 35.3 Å². The van der Waals surface area contributed by atoms with Gasteiger partial charge in [-0.05, 0) is 113 Å². The Balaban J connectivity index is 0.000000833. The van der Waals surface area contributed by atoms with E-state index in [1.807, 2.05) is 64.1 Å². The molecular weight excluding hydrogens is 737 g/mol. The van der Waals surface area contributed by atoms with Crippen molar-refractivity contribution in [3.63, 3.8) is 0 Å². The van der Waals surface area contributed by atoms with Gasteiger partial charge in [0, 0.05) is 60.3 Å². The third-order valence-electron chi connectivity index (χ3n) is 8.88. The van der Waals surface area contributed by atoms with Crippen molar-refractivity contribution in [3.05, 3.63) is 66.5 Å². The van der Waals surface area contributed by atoms with Gasteiger partial charge in [0.2, 0.25) is 0 Å². The Morgan fingerprint density at radius 3 is 1.58 bits per heavy atom. The zero-order valence-electron chi connectivity index (χ0n) is 27.1. The second-order valence-electron chi connectivity index (χ2n) is 12.9. The maximum absolute atomic E-state index is 12.9. The number of hydrogen-bond acceptors (Lipinski definition) is 4. The Morgan fingerprint density at radius 2 is 1.21 bits per heavy atom. The first-order valence-corrected chi connectivity index (χ1v) is 18.3. The summed E-state index contributed by atoms with van der Waals surface area (Å²) in [6, 6.07) is 11.6. The smallest absolute Gasteiger partial charge is 0.0551 e. The summed E-state index contributed by atoms with van der Waals surface area (Å²) >= 11 is 19.2. The van der Waals surface area contributed by atoms with Crippen molar-refractivity contribution in [2.24, 2.45) is 29.4 Å². The van der Waals surface area contributed by atoms with Crippen LogP contribution in [0.1, 0.15) is 86.3 Å². The summed E-state index contributed by atoms with van der Waals surface area (Å²) < 4.78 is 14.3. The molecule has 10 heteroatoms. The monoisotopic (exact) mass is 787 g/mol. The van der Waals surface area contributed by atoms with Crippen LogP contribution in [0.4, 0.5) is 0 Å². The highest BCUT2D eigenvalue weighted by Crippen LogP contribution is 2.41. The number of hydrogen-bond donors (Lipinski definition) is 3. The van der Waals surface area contributed by atoms with Crippen molar-refractivity contribution in [3.8, 4) is 0 Å². The third-order valence-corrected chi connectivity index (χ3v) is 13.6. The highest BCUT2D eigenvalue weighted by molar-refractivity contribution is 9.10. The van der Waals surface area contributed by atoms with Crippen molar-refractivity contribution in [1.29, 1.82) is 0 Å². The van der Waals surface area contributed by atoms with Crippen LogP contribution in [0.15, 0.2) is 45.3 Å². The van der Waals surface area contributed by atoms with Gasteiger partial charge in [-0.25, -0.2) is 0 Å². The van der Waals surface area contributed by atoms with Crippen molar-refractivity contribution < 1.29 is 19.9 Å². The quantitative estimate of drug-likeness (QED) is 0.200. The molecule has 0 radical (unpaired) electrons. The lowest BCUT2D eigenvalue weighted by molar-refractivity contribution is 0.111. The molecule has 0 fully saturated rings. The highest BCUT2D eigenvalue weighted by atomic mass is 79.9. The standard InChI is InChI=1S/C19H30BrClO2S.C14H21BrClNO.H2O/c1-7-13(2)15(11-22)19(6,12-24(23)18(3,4)5)14-8-9-16(20)17(21)10-14;1-4-9(2)11(8-18)14(3,17)10-5-6-12(15)13(16)7-10;/h8-10,13,15,22H,7,11-12H2,1-6H3;5-7,9,11,18H,4,8,17H2,1-3H3;1H2/t13-,15?,19-,24+;9-,11?,14-;/m00./s1. The Kier molecular flexibility index (Phi) is 18.3. The molecule has 0 spiro atoms. The van der Waals surface area contributed by atoms with Gasteiger partial charge in [0.25, 0.3) is 0 Å². The molecule has 6 N–H and O–H groups in total. The minimum absolute atomic E-state index is 0. The average molecular weight is 791 g/mol. The summed E-state index contributed by atoms with van der Waals surface area (Å²) in [6.45, 7) is 18.7. The van der Waals surface area contributed by atoms with E-state index in [0.717, 1.165) is 32.9 Å². The van der Waals surface area contributed by atoms with Gasteiger partial charge in [0.1, 0.15) is 0 Å². The van der Waals surface area contributed by atoms with Crippen LogP contribution in [-0.2, 0) is 21.8 Å². The van der Waals surface area contributed by atoms with Gasteiger partial charge in [0.15, 0.2) is 0 Å². The van der Waals surface area contributed by atoms with Crippen LogP contribution in [-0.4, -0.2) is 43.6 Å². The minimum Gasteiger partial charge on any atom is -0.412 e. The molecule has 0 heterocycles. The molecule has 2 unspecified atom stereocenters. The number of halogens is 4. The van der Waals surface area contributed by atoms with Crippen molar-refractivity contribution in [2.45, 2.75) is 90.9 Å². The predicted molar refractivity (Wildman–Crippen MR) is 194 cm³/mol. The second kappa shape index (κ2) is 18.3. The zero-order chi connectivity index (χ0) is 32.6. The van der Waals surface area contributed by atoms with Crippen LogP contribution in [0.3, 0.4) is 0 Å². The van der Waals surface area contributed by atoms with Crippen LogP contribution >= 0.6 is 55.1 Å². The summed E-state index contributed by atoms with van der Waals surface area (Å²) in [5, 5.41) is 21.0. The molecule has 0 saturated heterocycles. The Bertz CT molecular complexity index is 1180. The van der Waals surface area contributed by atoms with Crippen LogP contribution < -0.4 is 5.73 Å². The van der Waals surface area contributed by atoms with E-state index in [9.17, 15) is 14.4 Å².